The minimum absolute atomic E-state index is 1.00. The van der Waals surface area contributed by atoms with Crippen LogP contribution in [0, 0.1) is 0 Å². The van der Waals surface area contributed by atoms with E-state index in [1.165, 1.54) is 16.6 Å². The zero-order valence-corrected chi connectivity index (χ0v) is 12.8. The van der Waals surface area contributed by atoms with Crippen molar-refractivity contribution in [1.29, 1.82) is 0 Å². The molecule has 0 unspecified atom stereocenters. The lowest BCUT2D eigenvalue weighted by molar-refractivity contribution is 0.399. The van der Waals surface area contributed by atoms with Crippen LogP contribution in [0.5, 0.6) is 0 Å². The van der Waals surface area contributed by atoms with Gasteiger partial charge in [0.15, 0.2) is 0 Å². The molecule has 0 amide bonds. The van der Waals surface area contributed by atoms with Gasteiger partial charge in [-0.3, -0.25) is 0 Å². The van der Waals surface area contributed by atoms with Gasteiger partial charge in [-0.15, -0.1) is 12.6 Å². The van der Waals surface area contributed by atoms with E-state index in [0.717, 1.165) is 18.4 Å². The first-order valence-corrected chi connectivity index (χ1v) is 6.99. The van der Waals surface area contributed by atoms with Crippen LogP contribution in [-0.2, 0) is 6.42 Å². The van der Waals surface area contributed by atoms with E-state index in [9.17, 15) is 0 Å². The second-order valence-corrected chi connectivity index (χ2v) is 4.59. The summed E-state index contributed by atoms with van der Waals surface area (Å²) < 4.78 is 0. The number of para-hydroxylation sites is 1. The molecule has 3 heteroatoms. The molecule has 3 aromatic rings. The summed E-state index contributed by atoms with van der Waals surface area (Å²) in [6.07, 6.45) is 1.08. The molecule has 106 valence electrons. The van der Waals surface area contributed by atoms with Crippen molar-refractivity contribution in [2.75, 3.05) is 7.11 Å². The first kappa shape index (κ1) is 16.3. The molecule has 0 saturated heterocycles. The Bertz CT molecular complexity index is 571. The third-order valence-corrected chi connectivity index (χ3v) is 3.02. The molecule has 0 aliphatic heterocycles. The summed E-state index contributed by atoms with van der Waals surface area (Å²) in [5, 5.41) is 8.31. The molecule has 20 heavy (non-hydrogen) atoms. The number of aliphatic hydroxyl groups is 1. The maximum Gasteiger partial charge on any atom is 0.0456 e. The molecule has 0 fully saturated rings. The van der Waals surface area contributed by atoms with Gasteiger partial charge in [0, 0.05) is 23.2 Å². The SMILES string of the molecule is CCc1cc2ccccc2[nH]1.CO.Sc1ccccc1. The highest BCUT2D eigenvalue weighted by atomic mass is 32.1. The maximum absolute atomic E-state index is 7.00. The number of nitrogens with one attached hydrogen (secondary N) is 1. The monoisotopic (exact) mass is 287 g/mol. The fraction of sp³-hybridized carbons (Fsp3) is 0.176. The molecule has 0 radical (unpaired) electrons. The number of aromatic nitrogens is 1. The molecule has 1 heterocycles. The summed E-state index contributed by atoms with van der Waals surface area (Å²) in [6.45, 7) is 2.16. The average Bonchev–Trinajstić information content (AvgIpc) is 2.94. The van der Waals surface area contributed by atoms with Gasteiger partial charge in [0.1, 0.15) is 0 Å². The van der Waals surface area contributed by atoms with Crippen LogP contribution in [0.3, 0.4) is 0 Å². The smallest absolute Gasteiger partial charge is 0.0456 e. The summed E-state index contributed by atoms with van der Waals surface area (Å²) in [6, 6.07) is 20.3. The highest BCUT2D eigenvalue weighted by molar-refractivity contribution is 7.80. The van der Waals surface area contributed by atoms with E-state index in [1.54, 1.807) is 0 Å². The van der Waals surface area contributed by atoms with Gasteiger partial charge in [0.2, 0.25) is 0 Å². The third-order valence-electron chi connectivity index (χ3n) is 2.72. The van der Waals surface area contributed by atoms with Crippen LogP contribution in [0.15, 0.2) is 65.6 Å². The highest BCUT2D eigenvalue weighted by Crippen LogP contribution is 2.14. The molecule has 2 aromatic carbocycles. The number of rotatable bonds is 1. The minimum Gasteiger partial charge on any atom is -0.400 e. The summed E-state index contributed by atoms with van der Waals surface area (Å²) in [5.41, 5.74) is 2.55. The Morgan fingerprint density at radius 2 is 1.55 bits per heavy atom. The largest absolute Gasteiger partial charge is 0.400 e. The molecule has 3 rings (SSSR count). The van der Waals surface area contributed by atoms with Crippen LogP contribution < -0.4 is 0 Å². The van der Waals surface area contributed by atoms with Crippen molar-refractivity contribution < 1.29 is 5.11 Å². The minimum atomic E-state index is 1.00. The standard InChI is InChI=1S/C10H11N.C6H6S.CH4O/c1-2-9-7-8-5-3-4-6-10(8)11-9;7-6-4-2-1-3-5-6;1-2/h3-7,11H,2H2,1H3;1-5,7H;2H,1H3. The Morgan fingerprint density at radius 3 is 2.05 bits per heavy atom. The molecule has 2 nitrogen and oxygen atoms in total. The number of aliphatic hydroxyl groups excluding tert-OH is 1. The normalized spacial score (nSPS) is 9.20. The van der Waals surface area contributed by atoms with Gasteiger partial charge in [-0.25, -0.2) is 0 Å². The van der Waals surface area contributed by atoms with Crippen LogP contribution in [0.4, 0.5) is 0 Å². The Labute approximate surface area is 125 Å². The Morgan fingerprint density at radius 1 is 0.950 bits per heavy atom. The zero-order valence-electron chi connectivity index (χ0n) is 11.9. The number of hydrogen-bond donors (Lipinski definition) is 3. The van der Waals surface area contributed by atoms with Crippen molar-refractivity contribution in [3.63, 3.8) is 0 Å². The van der Waals surface area contributed by atoms with Crippen molar-refractivity contribution in [2.24, 2.45) is 0 Å². The van der Waals surface area contributed by atoms with Gasteiger partial charge in [-0.2, -0.15) is 0 Å². The van der Waals surface area contributed by atoms with E-state index in [0.29, 0.717) is 0 Å². The van der Waals surface area contributed by atoms with Crippen molar-refractivity contribution in [1.82, 2.24) is 4.98 Å². The number of aromatic amines is 1. The summed E-state index contributed by atoms with van der Waals surface area (Å²) in [4.78, 5) is 4.36. The molecule has 0 saturated carbocycles. The first-order valence-electron chi connectivity index (χ1n) is 6.55. The van der Waals surface area contributed by atoms with Gasteiger partial charge >= 0.3 is 0 Å². The number of H-pyrrole nitrogens is 1. The summed E-state index contributed by atoms with van der Waals surface area (Å²) in [7, 11) is 1.00. The molecular weight excluding hydrogens is 266 g/mol. The van der Waals surface area contributed by atoms with Gasteiger partial charge in [0.25, 0.3) is 0 Å². The van der Waals surface area contributed by atoms with Crippen LogP contribution in [-0.4, -0.2) is 17.2 Å². The number of fused-ring (bicyclic) bond motifs is 1. The topological polar surface area (TPSA) is 36.0 Å². The number of hydrogen-bond acceptors (Lipinski definition) is 2. The third kappa shape index (κ3) is 5.11. The number of benzene rings is 2. The maximum atomic E-state index is 7.00. The van der Waals surface area contributed by atoms with E-state index >= 15 is 0 Å². The van der Waals surface area contributed by atoms with Crippen molar-refractivity contribution >= 4 is 23.5 Å². The molecule has 0 spiro atoms. The van der Waals surface area contributed by atoms with Crippen LogP contribution >= 0.6 is 12.6 Å². The van der Waals surface area contributed by atoms with E-state index in [2.05, 4.69) is 54.9 Å². The van der Waals surface area contributed by atoms with Crippen LogP contribution in [0.1, 0.15) is 12.6 Å². The zero-order chi connectivity index (χ0) is 14.8. The summed E-state index contributed by atoms with van der Waals surface area (Å²) >= 11 is 4.08. The van der Waals surface area contributed by atoms with Crippen molar-refractivity contribution in [3.8, 4) is 0 Å². The van der Waals surface area contributed by atoms with Gasteiger partial charge < -0.3 is 10.1 Å². The Kier molecular flexibility index (Phi) is 7.55. The fourth-order valence-electron chi connectivity index (χ4n) is 1.75. The van der Waals surface area contributed by atoms with E-state index in [-0.39, 0.29) is 0 Å². The Hall–Kier alpha value is -1.71. The van der Waals surface area contributed by atoms with Gasteiger partial charge in [-0.05, 0) is 36.1 Å². The van der Waals surface area contributed by atoms with Crippen LogP contribution in [0.2, 0.25) is 0 Å². The Balaban J connectivity index is 0.000000193. The van der Waals surface area contributed by atoms with Crippen molar-refractivity contribution in [2.45, 2.75) is 18.2 Å². The molecule has 0 bridgehead atoms. The lowest BCUT2D eigenvalue weighted by Gasteiger charge is -1.85. The molecule has 0 aliphatic carbocycles. The average molecular weight is 287 g/mol. The highest BCUT2D eigenvalue weighted by Gasteiger charge is 1.95. The van der Waals surface area contributed by atoms with E-state index < -0.39 is 0 Å². The second-order valence-electron chi connectivity index (χ2n) is 4.07. The molecular formula is C17H21NOS. The lowest BCUT2D eigenvalue weighted by Crippen LogP contribution is -1.74. The van der Waals surface area contributed by atoms with Crippen molar-refractivity contribution in [3.05, 3.63) is 66.4 Å². The first-order chi connectivity index (χ1) is 9.79. The van der Waals surface area contributed by atoms with Gasteiger partial charge in [-0.1, -0.05) is 43.3 Å². The lowest BCUT2D eigenvalue weighted by atomic mass is 10.2. The number of aryl methyl sites for hydroxylation is 1. The predicted molar refractivity (Wildman–Crippen MR) is 89.5 cm³/mol. The fourth-order valence-corrected chi connectivity index (χ4v) is 1.92. The number of thiol groups is 1. The van der Waals surface area contributed by atoms with Gasteiger partial charge in [0.05, 0.1) is 0 Å². The van der Waals surface area contributed by atoms with E-state index in [4.69, 9.17) is 5.11 Å². The second kappa shape index (κ2) is 9.23. The summed E-state index contributed by atoms with van der Waals surface area (Å²) in [5.74, 6) is 0. The van der Waals surface area contributed by atoms with E-state index in [1.807, 2.05) is 30.3 Å². The molecule has 0 atom stereocenters. The molecule has 1 aromatic heterocycles. The van der Waals surface area contributed by atoms with Crippen LogP contribution in [0.25, 0.3) is 10.9 Å². The predicted octanol–water partition coefficient (Wildman–Crippen LogP) is 4.31. The molecule has 0 aliphatic rings. The quantitative estimate of drug-likeness (QED) is 0.573. The molecule has 2 N–H and O–H groups in total.